The predicted molar refractivity (Wildman–Crippen MR) is 176 cm³/mol. The van der Waals surface area contributed by atoms with Crippen molar-refractivity contribution in [2.24, 2.45) is 5.92 Å². The van der Waals surface area contributed by atoms with Crippen LogP contribution in [-0.2, 0) is 20.1 Å². The molecule has 1 saturated carbocycles. The molecule has 3 heteroatoms. The SMILES string of the molecule is CC1CC(c2ccccc2-c2ccc(-c3[c-]cccc3)nc2)CC(c2ccccc2-c2ccc(-c3[c-]cccc3)nc2)C1.[Ir]. The molecule has 2 nitrogen and oxygen atoms in total. The van der Waals surface area contributed by atoms with E-state index >= 15 is 0 Å². The number of hydrogen-bond acceptors (Lipinski definition) is 2. The Bertz CT molecular complexity index is 1660. The van der Waals surface area contributed by atoms with Crippen molar-refractivity contribution in [3.05, 3.63) is 157 Å². The molecule has 44 heavy (non-hydrogen) atoms. The van der Waals surface area contributed by atoms with Crippen LogP contribution in [0.5, 0.6) is 0 Å². The maximum Gasteiger partial charge on any atom is 0.0239 e. The van der Waals surface area contributed by atoms with E-state index in [2.05, 4.69) is 104 Å². The molecule has 1 aliphatic carbocycles. The van der Waals surface area contributed by atoms with Gasteiger partial charge in [-0.15, -0.1) is 71.8 Å². The van der Waals surface area contributed by atoms with Crippen LogP contribution in [0.1, 0.15) is 49.1 Å². The summed E-state index contributed by atoms with van der Waals surface area (Å²) in [5, 5.41) is 0. The van der Waals surface area contributed by atoms with Gasteiger partial charge in [-0.2, -0.15) is 0 Å². The van der Waals surface area contributed by atoms with Gasteiger partial charge in [0.05, 0.1) is 0 Å². The van der Waals surface area contributed by atoms with Crippen molar-refractivity contribution in [3.8, 4) is 44.8 Å². The Morgan fingerprint density at radius 3 is 1.39 bits per heavy atom. The van der Waals surface area contributed by atoms with Crippen LogP contribution in [0, 0.1) is 18.1 Å². The molecule has 1 fully saturated rings. The first-order chi connectivity index (χ1) is 21.2. The molecule has 2 atom stereocenters. The summed E-state index contributed by atoms with van der Waals surface area (Å²) in [5.74, 6) is 1.59. The fourth-order valence-electron chi connectivity index (χ4n) is 6.87. The predicted octanol–water partition coefficient (Wildman–Crippen LogP) is 10.4. The third-order valence-corrected chi connectivity index (χ3v) is 8.86. The summed E-state index contributed by atoms with van der Waals surface area (Å²) in [6.07, 6.45) is 7.58. The summed E-state index contributed by atoms with van der Waals surface area (Å²) in [6.45, 7) is 2.42. The molecule has 4 aromatic carbocycles. The average Bonchev–Trinajstić information content (AvgIpc) is 3.09. The van der Waals surface area contributed by atoms with E-state index < -0.39 is 0 Å². The van der Waals surface area contributed by atoms with Crippen molar-refractivity contribution in [1.82, 2.24) is 9.97 Å². The second-order valence-electron chi connectivity index (χ2n) is 11.8. The Hall–Kier alpha value is -4.17. The maximum atomic E-state index is 4.82. The van der Waals surface area contributed by atoms with Gasteiger partial charge in [0.25, 0.3) is 0 Å². The standard InChI is InChI=1S/C41H34N2.Ir/c1-29-24-34(38-18-10-8-16-36(38)32-20-22-40(42-27-32)30-12-4-2-5-13-30)26-35(25-29)39-19-11-9-17-37(39)33-21-23-41(43-28-33)31-14-6-3-7-15-31;/h2-12,14,16-23,27-29,34-35H,24-26H2,1H3;/q-2;. The van der Waals surface area contributed by atoms with Crippen molar-refractivity contribution >= 4 is 0 Å². The first-order valence-corrected chi connectivity index (χ1v) is 15.3. The van der Waals surface area contributed by atoms with E-state index in [1.165, 1.54) is 46.2 Å². The molecule has 1 aliphatic rings. The van der Waals surface area contributed by atoms with Gasteiger partial charge in [0.15, 0.2) is 0 Å². The molecule has 0 bridgehead atoms. The van der Waals surface area contributed by atoms with E-state index in [4.69, 9.17) is 9.97 Å². The van der Waals surface area contributed by atoms with Crippen molar-refractivity contribution in [2.75, 3.05) is 0 Å². The van der Waals surface area contributed by atoms with Gasteiger partial charge in [0, 0.05) is 32.5 Å². The van der Waals surface area contributed by atoms with Crippen LogP contribution >= 0.6 is 0 Å². The summed E-state index contributed by atoms with van der Waals surface area (Å²) >= 11 is 0. The summed E-state index contributed by atoms with van der Waals surface area (Å²) in [6, 6.07) is 49.2. The zero-order valence-electron chi connectivity index (χ0n) is 24.8. The Morgan fingerprint density at radius 1 is 0.523 bits per heavy atom. The number of hydrogen-bond donors (Lipinski definition) is 0. The topological polar surface area (TPSA) is 25.8 Å². The third kappa shape index (κ3) is 6.36. The molecule has 0 N–H and O–H groups in total. The van der Waals surface area contributed by atoms with Crippen LogP contribution in [0.4, 0.5) is 0 Å². The van der Waals surface area contributed by atoms with Crippen LogP contribution in [0.15, 0.2) is 134 Å². The number of rotatable bonds is 6. The largest absolute Gasteiger partial charge is 0.304 e. The normalized spacial score (nSPS) is 17.9. The van der Waals surface area contributed by atoms with Crippen LogP contribution < -0.4 is 0 Å². The number of nitrogens with zero attached hydrogens (tertiary/aromatic N) is 2. The van der Waals surface area contributed by atoms with Crippen molar-refractivity contribution in [3.63, 3.8) is 0 Å². The Morgan fingerprint density at radius 2 is 0.977 bits per heavy atom. The molecule has 0 aliphatic heterocycles. The zero-order valence-corrected chi connectivity index (χ0v) is 27.2. The molecule has 0 spiro atoms. The quantitative estimate of drug-likeness (QED) is 0.159. The van der Waals surface area contributed by atoms with Crippen LogP contribution in [0.2, 0.25) is 0 Å². The molecule has 2 unspecified atom stereocenters. The van der Waals surface area contributed by atoms with E-state index in [0.29, 0.717) is 17.8 Å². The van der Waals surface area contributed by atoms with E-state index in [9.17, 15) is 0 Å². The first kappa shape index (κ1) is 29.9. The third-order valence-electron chi connectivity index (χ3n) is 8.86. The molecule has 0 amide bonds. The molecule has 7 rings (SSSR count). The van der Waals surface area contributed by atoms with Gasteiger partial charge in [-0.25, -0.2) is 0 Å². The van der Waals surface area contributed by atoms with Crippen molar-refractivity contribution < 1.29 is 20.1 Å². The van der Waals surface area contributed by atoms with E-state index in [-0.39, 0.29) is 20.1 Å². The van der Waals surface area contributed by atoms with Gasteiger partial charge >= 0.3 is 0 Å². The van der Waals surface area contributed by atoms with Crippen LogP contribution in [0.25, 0.3) is 44.8 Å². The van der Waals surface area contributed by atoms with Gasteiger partial charge < -0.3 is 9.97 Å². The summed E-state index contributed by atoms with van der Waals surface area (Å²) in [5.41, 5.74) is 11.7. The van der Waals surface area contributed by atoms with Crippen LogP contribution in [-0.4, -0.2) is 9.97 Å². The van der Waals surface area contributed by atoms with E-state index in [1.54, 1.807) is 0 Å². The Balaban J connectivity index is 0.00000343. The maximum absolute atomic E-state index is 4.82. The number of pyridine rings is 2. The second kappa shape index (κ2) is 13.6. The van der Waals surface area contributed by atoms with Crippen molar-refractivity contribution in [1.29, 1.82) is 0 Å². The minimum Gasteiger partial charge on any atom is -0.304 e. The summed E-state index contributed by atoms with van der Waals surface area (Å²) < 4.78 is 0. The minimum absolute atomic E-state index is 0. The molecular formula is C41H34IrN2-2. The summed E-state index contributed by atoms with van der Waals surface area (Å²) in [4.78, 5) is 9.64. The molecule has 2 heterocycles. The number of benzene rings is 4. The molecule has 219 valence electrons. The molecule has 2 aromatic heterocycles. The Kier molecular flexibility index (Phi) is 9.26. The molecule has 6 aromatic rings. The van der Waals surface area contributed by atoms with E-state index in [0.717, 1.165) is 28.9 Å². The van der Waals surface area contributed by atoms with Gasteiger partial charge in [-0.3, -0.25) is 0 Å². The molecule has 1 radical (unpaired) electrons. The Labute approximate surface area is 274 Å². The monoisotopic (exact) mass is 747 g/mol. The molecule has 0 saturated heterocycles. The molecular weight excluding hydrogens is 713 g/mol. The fourth-order valence-corrected chi connectivity index (χ4v) is 6.87. The van der Waals surface area contributed by atoms with E-state index in [1.807, 2.05) is 48.8 Å². The minimum atomic E-state index is 0. The van der Waals surface area contributed by atoms with Crippen molar-refractivity contribution in [2.45, 2.75) is 38.0 Å². The van der Waals surface area contributed by atoms with Crippen LogP contribution in [0.3, 0.4) is 0 Å². The smallest absolute Gasteiger partial charge is 0.0239 e. The first-order valence-electron chi connectivity index (χ1n) is 15.3. The fraction of sp³-hybridized carbons (Fsp3) is 0.171. The summed E-state index contributed by atoms with van der Waals surface area (Å²) in [7, 11) is 0. The second-order valence-corrected chi connectivity index (χ2v) is 11.8. The van der Waals surface area contributed by atoms with Gasteiger partial charge in [0.2, 0.25) is 0 Å². The zero-order chi connectivity index (χ0) is 29.0. The van der Waals surface area contributed by atoms with Gasteiger partial charge in [0.1, 0.15) is 0 Å². The number of aromatic nitrogens is 2. The van der Waals surface area contributed by atoms with Gasteiger partial charge in [-0.05, 0) is 81.8 Å². The van der Waals surface area contributed by atoms with Gasteiger partial charge in [-0.1, -0.05) is 79.7 Å². The average molecular weight is 747 g/mol.